The summed E-state index contributed by atoms with van der Waals surface area (Å²) < 4.78 is 10.9. The van der Waals surface area contributed by atoms with Crippen LogP contribution < -0.4 is 5.32 Å². The fourth-order valence-corrected chi connectivity index (χ4v) is 2.28. The molecule has 4 nitrogen and oxygen atoms in total. The Kier molecular flexibility index (Phi) is 16.1. The first kappa shape index (κ1) is 20.8. The molecular weight excluding hydrogens is 264 g/mol. The Morgan fingerprint density at radius 1 is 0.905 bits per heavy atom. The summed E-state index contributed by atoms with van der Waals surface area (Å²) in [5, 5.41) is 3.63. The molecule has 0 bridgehead atoms. The van der Waals surface area contributed by atoms with Gasteiger partial charge in [0.25, 0.3) is 0 Å². The molecule has 1 unspecified atom stereocenters. The summed E-state index contributed by atoms with van der Waals surface area (Å²) in [5.41, 5.74) is 0. The summed E-state index contributed by atoms with van der Waals surface area (Å²) in [5.74, 6) is 0. The van der Waals surface area contributed by atoms with Crippen LogP contribution in [0.25, 0.3) is 0 Å². The van der Waals surface area contributed by atoms with E-state index >= 15 is 0 Å². The van der Waals surface area contributed by atoms with E-state index in [9.17, 15) is 0 Å². The minimum Gasteiger partial charge on any atom is -0.380 e. The number of rotatable bonds is 16. The molecule has 128 valence electrons. The lowest BCUT2D eigenvalue weighted by molar-refractivity contribution is 0.0829. The summed E-state index contributed by atoms with van der Waals surface area (Å²) in [4.78, 5) is 2.43. The van der Waals surface area contributed by atoms with Crippen LogP contribution in [0.2, 0.25) is 0 Å². The third-order valence-electron chi connectivity index (χ3n) is 3.67. The molecule has 21 heavy (non-hydrogen) atoms. The Hall–Kier alpha value is -0.160. The van der Waals surface area contributed by atoms with Crippen molar-refractivity contribution in [3.63, 3.8) is 0 Å². The summed E-state index contributed by atoms with van der Waals surface area (Å²) >= 11 is 0. The third kappa shape index (κ3) is 14.5. The van der Waals surface area contributed by atoms with E-state index in [1.54, 1.807) is 0 Å². The van der Waals surface area contributed by atoms with Gasteiger partial charge in [0.05, 0.1) is 13.2 Å². The molecule has 0 aliphatic rings. The Morgan fingerprint density at radius 2 is 1.52 bits per heavy atom. The fourth-order valence-electron chi connectivity index (χ4n) is 2.28. The number of hydrogen-bond donors (Lipinski definition) is 1. The van der Waals surface area contributed by atoms with E-state index in [4.69, 9.17) is 9.47 Å². The van der Waals surface area contributed by atoms with Crippen molar-refractivity contribution in [1.29, 1.82) is 0 Å². The number of nitrogens with one attached hydrogen (secondary N) is 1. The van der Waals surface area contributed by atoms with Crippen molar-refractivity contribution in [2.75, 3.05) is 52.6 Å². The molecule has 0 aliphatic heterocycles. The molecule has 0 saturated heterocycles. The van der Waals surface area contributed by atoms with Crippen molar-refractivity contribution in [3.8, 4) is 0 Å². The fraction of sp³-hybridized carbons (Fsp3) is 1.00. The van der Waals surface area contributed by atoms with Crippen LogP contribution in [0, 0.1) is 0 Å². The molecule has 0 rings (SSSR count). The van der Waals surface area contributed by atoms with Crippen molar-refractivity contribution in [2.24, 2.45) is 0 Å². The first-order valence-electron chi connectivity index (χ1n) is 8.85. The van der Waals surface area contributed by atoms with Gasteiger partial charge >= 0.3 is 0 Å². The number of hydrogen-bond acceptors (Lipinski definition) is 4. The van der Waals surface area contributed by atoms with Crippen LogP contribution in [-0.4, -0.2) is 63.5 Å². The largest absolute Gasteiger partial charge is 0.380 e. The van der Waals surface area contributed by atoms with E-state index < -0.39 is 0 Å². The van der Waals surface area contributed by atoms with Gasteiger partial charge < -0.3 is 14.8 Å². The first-order valence-corrected chi connectivity index (χ1v) is 8.85. The molecular formula is C17H38N2O2. The van der Waals surface area contributed by atoms with Crippen LogP contribution in [0.3, 0.4) is 0 Å². The maximum absolute atomic E-state index is 5.46. The Balaban J connectivity index is 3.75. The average Bonchev–Trinajstić information content (AvgIpc) is 2.47. The Morgan fingerprint density at radius 3 is 2.05 bits per heavy atom. The molecule has 0 radical (unpaired) electrons. The molecule has 0 fully saturated rings. The molecule has 1 atom stereocenters. The Bertz CT molecular complexity index is 193. The van der Waals surface area contributed by atoms with Crippen LogP contribution in [-0.2, 0) is 9.47 Å². The molecule has 1 N–H and O–H groups in total. The van der Waals surface area contributed by atoms with Gasteiger partial charge in [-0.15, -0.1) is 0 Å². The van der Waals surface area contributed by atoms with E-state index in [2.05, 4.69) is 24.1 Å². The van der Waals surface area contributed by atoms with E-state index in [-0.39, 0.29) is 0 Å². The predicted molar refractivity (Wildman–Crippen MR) is 91.0 cm³/mol. The van der Waals surface area contributed by atoms with Gasteiger partial charge in [-0.05, 0) is 27.2 Å². The van der Waals surface area contributed by atoms with Crippen LogP contribution in [0.15, 0.2) is 0 Å². The first-order chi connectivity index (χ1) is 10.2. The minimum atomic E-state index is 0.622. The van der Waals surface area contributed by atoms with Crippen LogP contribution >= 0.6 is 0 Å². The quantitative estimate of drug-likeness (QED) is 0.445. The minimum absolute atomic E-state index is 0.622. The van der Waals surface area contributed by atoms with Crippen molar-refractivity contribution < 1.29 is 9.47 Å². The van der Waals surface area contributed by atoms with Gasteiger partial charge in [0.1, 0.15) is 0 Å². The second-order valence-electron chi connectivity index (χ2n) is 5.59. The number of unbranched alkanes of at least 4 members (excludes halogenated alkanes) is 2. The number of nitrogens with zero attached hydrogens (tertiary/aromatic N) is 1. The second-order valence-corrected chi connectivity index (χ2v) is 5.59. The van der Waals surface area contributed by atoms with Gasteiger partial charge in [-0.1, -0.05) is 26.2 Å². The summed E-state index contributed by atoms with van der Waals surface area (Å²) in [6.07, 6.45) is 5.27. The normalized spacial score (nSPS) is 13.0. The topological polar surface area (TPSA) is 33.7 Å². The molecule has 4 heteroatoms. The zero-order valence-corrected chi connectivity index (χ0v) is 14.8. The Labute approximate surface area is 132 Å². The van der Waals surface area contributed by atoms with Crippen molar-refractivity contribution >= 4 is 0 Å². The third-order valence-corrected chi connectivity index (χ3v) is 3.67. The van der Waals surface area contributed by atoms with Gasteiger partial charge in [0, 0.05) is 45.4 Å². The average molecular weight is 303 g/mol. The zero-order chi connectivity index (χ0) is 15.8. The van der Waals surface area contributed by atoms with E-state index in [0.717, 1.165) is 52.6 Å². The molecule has 0 aliphatic carbocycles. The molecule has 0 saturated carbocycles. The SMILES string of the molecule is CCCCCC(C)NCCN(CCOCC)CCOCC. The van der Waals surface area contributed by atoms with Gasteiger partial charge in [-0.3, -0.25) is 4.90 Å². The molecule has 0 aromatic heterocycles. The maximum atomic E-state index is 5.46. The van der Waals surface area contributed by atoms with Crippen molar-refractivity contribution in [3.05, 3.63) is 0 Å². The van der Waals surface area contributed by atoms with Crippen molar-refractivity contribution in [2.45, 2.75) is 59.4 Å². The van der Waals surface area contributed by atoms with Gasteiger partial charge in [0.15, 0.2) is 0 Å². The van der Waals surface area contributed by atoms with Crippen LogP contribution in [0.5, 0.6) is 0 Å². The number of ether oxygens (including phenoxy) is 2. The summed E-state index contributed by atoms with van der Waals surface area (Å²) in [6.45, 7) is 16.0. The van der Waals surface area contributed by atoms with E-state index in [1.165, 1.54) is 25.7 Å². The lowest BCUT2D eigenvalue weighted by Gasteiger charge is -2.23. The molecule has 0 amide bonds. The summed E-state index contributed by atoms with van der Waals surface area (Å²) in [7, 11) is 0. The lowest BCUT2D eigenvalue weighted by Crippen LogP contribution is -2.39. The smallest absolute Gasteiger partial charge is 0.0593 e. The van der Waals surface area contributed by atoms with E-state index in [1.807, 2.05) is 13.8 Å². The maximum Gasteiger partial charge on any atom is 0.0593 e. The predicted octanol–water partition coefficient (Wildman–Crippen LogP) is 2.92. The molecule has 0 spiro atoms. The highest BCUT2D eigenvalue weighted by Gasteiger charge is 2.06. The lowest BCUT2D eigenvalue weighted by atomic mass is 10.1. The highest BCUT2D eigenvalue weighted by Crippen LogP contribution is 2.02. The van der Waals surface area contributed by atoms with Crippen LogP contribution in [0.1, 0.15) is 53.4 Å². The highest BCUT2D eigenvalue weighted by molar-refractivity contribution is 4.64. The van der Waals surface area contributed by atoms with E-state index in [0.29, 0.717) is 6.04 Å². The van der Waals surface area contributed by atoms with Crippen molar-refractivity contribution in [1.82, 2.24) is 10.2 Å². The molecule has 0 heterocycles. The van der Waals surface area contributed by atoms with Gasteiger partial charge in [-0.25, -0.2) is 0 Å². The standard InChI is InChI=1S/C17H38N2O2/c1-5-8-9-10-17(4)18-11-12-19(13-15-20-6-2)14-16-21-7-3/h17-18H,5-16H2,1-4H3. The molecule has 0 aromatic carbocycles. The molecule has 0 aromatic rings. The highest BCUT2D eigenvalue weighted by atomic mass is 16.5. The van der Waals surface area contributed by atoms with Crippen LogP contribution in [0.4, 0.5) is 0 Å². The zero-order valence-electron chi connectivity index (χ0n) is 14.8. The second kappa shape index (κ2) is 16.2. The van der Waals surface area contributed by atoms with Gasteiger partial charge in [0.2, 0.25) is 0 Å². The monoisotopic (exact) mass is 302 g/mol. The van der Waals surface area contributed by atoms with Gasteiger partial charge in [-0.2, -0.15) is 0 Å². The summed E-state index contributed by atoms with van der Waals surface area (Å²) in [6, 6.07) is 0.622.